The first-order valence-electron chi connectivity index (χ1n) is 9.75. The summed E-state index contributed by atoms with van der Waals surface area (Å²) in [5, 5.41) is 3.96. The predicted molar refractivity (Wildman–Crippen MR) is 125 cm³/mol. The number of benzene rings is 2. The number of fused-ring (bicyclic) bond motifs is 1. The summed E-state index contributed by atoms with van der Waals surface area (Å²) in [6.45, 7) is 5.62. The number of aryl methyl sites for hydroxylation is 1. The molecule has 1 heterocycles. The maximum atomic E-state index is 13.1. The Balaban J connectivity index is 1.79. The highest BCUT2D eigenvalue weighted by molar-refractivity contribution is 9.10. The number of carbonyl (C=O) groups is 1. The number of rotatable bonds is 9. The second kappa shape index (κ2) is 10.7. The van der Waals surface area contributed by atoms with Crippen molar-refractivity contribution in [3.05, 3.63) is 62.9 Å². The van der Waals surface area contributed by atoms with E-state index in [9.17, 15) is 9.59 Å². The molecule has 1 aromatic heterocycles. The topological polar surface area (TPSA) is 73.2 Å². The number of carbonyl (C=O) groups excluding carboxylic acids is 1. The van der Waals surface area contributed by atoms with Crippen LogP contribution in [-0.4, -0.2) is 34.4 Å². The van der Waals surface area contributed by atoms with Crippen LogP contribution in [0.5, 0.6) is 0 Å². The molecule has 6 nitrogen and oxygen atoms in total. The molecule has 0 saturated heterocycles. The molecule has 2 aromatic carbocycles. The average molecular weight is 490 g/mol. The van der Waals surface area contributed by atoms with Crippen LogP contribution in [0.25, 0.3) is 10.9 Å². The molecule has 0 saturated carbocycles. The van der Waals surface area contributed by atoms with E-state index in [1.165, 1.54) is 11.8 Å². The van der Waals surface area contributed by atoms with E-state index in [1.807, 2.05) is 50.2 Å². The van der Waals surface area contributed by atoms with Crippen LogP contribution in [0.4, 0.5) is 5.69 Å². The van der Waals surface area contributed by atoms with E-state index in [0.29, 0.717) is 42.2 Å². The molecule has 0 aliphatic heterocycles. The van der Waals surface area contributed by atoms with Crippen LogP contribution in [0, 0.1) is 6.92 Å². The summed E-state index contributed by atoms with van der Waals surface area (Å²) in [6.07, 6.45) is 0.693. The molecule has 0 radical (unpaired) electrons. The first-order chi connectivity index (χ1) is 14.5. The van der Waals surface area contributed by atoms with Gasteiger partial charge in [0.25, 0.3) is 5.56 Å². The number of thioether (sulfide) groups is 1. The third-order valence-corrected chi connectivity index (χ3v) is 5.89. The Morgan fingerprint density at radius 3 is 2.73 bits per heavy atom. The van der Waals surface area contributed by atoms with Crippen molar-refractivity contribution in [3.63, 3.8) is 0 Å². The molecule has 0 atom stereocenters. The summed E-state index contributed by atoms with van der Waals surface area (Å²) in [6, 6.07) is 13.1. The molecule has 1 N–H and O–H groups in total. The maximum Gasteiger partial charge on any atom is 0.262 e. The molecule has 0 fully saturated rings. The van der Waals surface area contributed by atoms with E-state index in [2.05, 4.69) is 26.2 Å². The van der Waals surface area contributed by atoms with Gasteiger partial charge in [-0.1, -0.05) is 45.4 Å². The van der Waals surface area contributed by atoms with Crippen LogP contribution >= 0.6 is 27.7 Å². The zero-order chi connectivity index (χ0) is 21.5. The summed E-state index contributed by atoms with van der Waals surface area (Å²) < 4.78 is 7.86. The Bertz CT molecular complexity index is 1080. The first kappa shape index (κ1) is 22.5. The van der Waals surface area contributed by atoms with Crippen molar-refractivity contribution in [1.29, 1.82) is 0 Å². The summed E-state index contributed by atoms with van der Waals surface area (Å²) in [5.41, 5.74) is 2.38. The fourth-order valence-electron chi connectivity index (χ4n) is 2.91. The largest absolute Gasteiger partial charge is 0.382 e. The van der Waals surface area contributed by atoms with Crippen LogP contribution in [0.3, 0.4) is 0 Å². The highest BCUT2D eigenvalue weighted by atomic mass is 79.9. The Labute approximate surface area is 188 Å². The molecule has 1 amide bonds. The molecule has 0 aliphatic rings. The van der Waals surface area contributed by atoms with E-state index in [0.717, 1.165) is 15.7 Å². The van der Waals surface area contributed by atoms with E-state index in [-0.39, 0.29) is 17.2 Å². The average Bonchev–Trinajstić information content (AvgIpc) is 2.73. The fourth-order valence-corrected chi connectivity index (χ4v) is 4.10. The standard InChI is InChI=1S/C22H24BrN3O3S/c1-3-29-12-4-11-26-21(28)18-13-16(23)7-10-19(18)25-22(26)30-14-20(27)24-17-8-5-15(2)6-9-17/h5-10,13H,3-4,11-12,14H2,1-2H3,(H,24,27). The van der Waals surface area contributed by atoms with E-state index >= 15 is 0 Å². The van der Waals surface area contributed by atoms with Gasteiger partial charge in [0.2, 0.25) is 5.91 Å². The van der Waals surface area contributed by atoms with E-state index in [1.54, 1.807) is 10.6 Å². The van der Waals surface area contributed by atoms with E-state index < -0.39 is 0 Å². The van der Waals surface area contributed by atoms with Gasteiger partial charge < -0.3 is 10.1 Å². The fraction of sp³-hybridized carbons (Fsp3) is 0.318. The van der Waals surface area contributed by atoms with Crippen LogP contribution in [0.2, 0.25) is 0 Å². The van der Waals surface area contributed by atoms with Crippen molar-refractivity contribution >= 4 is 50.2 Å². The zero-order valence-electron chi connectivity index (χ0n) is 17.0. The third kappa shape index (κ3) is 5.93. The molecule has 0 spiro atoms. The molecule has 0 unspecified atom stereocenters. The molecule has 3 aromatic rings. The molecule has 0 aliphatic carbocycles. The van der Waals surface area contributed by atoms with Gasteiger partial charge in [-0.05, 0) is 50.6 Å². The summed E-state index contributed by atoms with van der Waals surface area (Å²) >= 11 is 4.68. The zero-order valence-corrected chi connectivity index (χ0v) is 19.4. The van der Waals surface area contributed by atoms with Gasteiger partial charge in [-0.2, -0.15) is 0 Å². The van der Waals surface area contributed by atoms with Crippen LogP contribution in [0.1, 0.15) is 18.9 Å². The Morgan fingerprint density at radius 1 is 1.23 bits per heavy atom. The predicted octanol–water partition coefficient (Wildman–Crippen LogP) is 4.62. The van der Waals surface area contributed by atoms with Crippen molar-refractivity contribution in [1.82, 2.24) is 9.55 Å². The Hall–Kier alpha value is -2.16. The SMILES string of the molecule is CCOCCCn1c(SCC(=O)Nc2ccc(C)cc2)nc2ccc(Br)cc2c1=O. The van der Waals surface area contributed by atoms with E-state index in [4.69, 9.17) is 4.74 Å². The van der Waals surface area contributed by atoms with Gasteiger partial charge in [0.1, 0.15) is 0 Å². The van der Waals surface area contributed by atoms with Crippen molar-refractivity contribution in [3.8, 4) is 0 Å². The number of aromatic nitrogens is 2. The van der Waals surface area contributed by atoms with Crippen LogP contribution in [0.15, 0.2) is 56.9 Å². The molecular weight excluding hydrogens is 466 g/mol. The van der Waals surface area contributed by atoms with Crippen molar-refractivity contribution in [2.75, 3.05) is 24.3 Å². The minimum absolute atomic E-state index is 0.112. The smallest absolute Gasteiger partial charge is 0.262 e. The lowest BCUT2D eigenvalue weighted by molar-refractivity contribution is -0.113. The second-order valence-corrected chi connectivity index (χ2v) is 8.62. The number of nitrogens with one attached hydrogen (secondary N) is 1. The van der Waals surface area contributed by atoms with Gasteiger partial charge >= 0.3 is 0 Å². The molecular formula is C22H24BrN3O3S. The third-order valence-electron chi connectivity index (χ3n) is 4.42. The number of ether oxygens (including phenoxy) is 1. The summed E-state index contributed by atoms with van der Waals surface area (Å²) in [5.74, 6) is 0.0169. The van der Waals surface area contributed by atoms with Gasteiger partial charge in [-0.15, -0.1) is 0 Å². The van der Waals surface area contributed by atoms with Gasteiger partial charge in [0, 0.05) is 29.9 Å². The summed E-state index contributed by atoms with van der Waals surface area (Å²) in [7, 11) is 0. The van der Waals surface area contributed by atoms with Crippen molar-refractivity contribution in [2.45, 2.75) is 32.0 Å². The molecule has 3 rings (SSSR count). The lowest BCUT2D eigenvalue weighted by atomic mass is 10.2. The maximum absolute atomic E-state index is 13.1. The molecule has 158 valence electrons. The van der Waals surface area contributed by atoms with Gasteiger partial charge in [-0.25, -0.2) is 4.98 Å². The highest BCUT2D eigenvalue weighted by Gasteiger charge is 2.14. The number of amides is 1. The first-order valence-corrected chi connectivity index (χ1v) is 11.5. The lowest BCUT2D eigenvalue weighted by Gasteiger charge is -2.13. The van der Waals surface area contributed by atoms with Crippen LogP contribution in [-0.2, 0) is 16.1 Å². The number of halogens is 1. The normalized spacial score (nSPS) is 11.0. The van der Waals surface area contributed by atoms with Crippen molar-refractivity contribution < 1.29 is 9.53 Å². The molecule has 8 heteroatoms. The molecule has 30 heavy (non-hydrogen) atoms. The minimum atomic E-state index is -0.144. The van der Waals surface area contributed by atoms with Crippen molar-refractivity contribution in [2.24, 2.45) is 0 Å². The summed E-state index contributed by atoms with van der Waals surface area (Å²) in [4.78, 5) is 30.1. The minimum Gasteiger partial charge on any atom is -0.382 e. The lowest BCUT2D eigenvalue weighted by Crippen LogP contribution is -2.25. The van der Waals surface area contributed by atoms with Gasteiger partial charge in [-0.3, -0.25) is 14.2 Å². The monoisotopic (exact) mass is 489 g/mol. The number of anilines is 1. The molecule has 0 bridgehead atoms. The van der Waals surface area contributed by atoms with Crippen LogP contribution < -0.4 is 10.9 Å². The van der Waals surface area contributed by atoms with Gasteiger partial charge in [0.15, 0.2) is 5.16 Å². The Morgan fingerprint density at radius 2 is 2.00 bits per heavy atom. The number of nitrogens with zero attached hydrogens (tertiary/aromatic N) is 2. The highest BCUT2D eigenvalue weighted by Crippen LogP contribution is 2.21. The second-order valence-electron chi connectivity index (χ2n) is 6.77. The van der Waals surface area contributed by atoms with Gasteiger partial charge in [0.05, 0.1) is 16.7 Å². The quantitative estimate of drug-likeness (QED) is 0.269. The number of hydrogen-bond acceptors (Lipinski definition) is 5. The Kier molecular flexibility index (Phi) is 8.07. The number of hydrogen-bond donors (Lipinski definition) is 1.